The van der Waals surface area contributed by atoms with Crippen molar-refractivity contribution in [3.8, 4) is 5.69 Å². The van der Waals surface area contributed by atoms with Crippen LogP contribution in [-0.2, 0) is 16.1 Å². The summed E-state index contributed by atoms with van der Waals surface area (Å²) in [5, 5.41) is 7.00. The van der Waals surface area contributed by atoms with Crippen molar-refractivity contribution in [2.75, 3.05) is 10.6 Å². The summed E-state index contributed by atoms with van der Waals surface area (Å²) in [5.41, 5.74) is 0.694. The Kier molecular flexibility index (Phi) is 5.93. The molecule has 8 nitrogen and oxygen atoms in total. The highest BCUT2D eigenvalue weighted by Gasteiger charge is 2.18. The molecule has 2 amide bonds. The first-order chi connectivity index (χ1) is 15.7. The van der Waals surface area contributed by atoms with Gasteiger partial charge in [0.25, 0.3) is 5.56 Å². The number of halogens is 1. The van der Waals surface area contributed by atoms with E-state index in [4.69, 9.17) is 0 Å². The minimum Gasteiger partial charge on any atom is -0.326 e. The molecular formula is C23H19FN4O4S. The maximum atomic E-state index is 13.7. The molecule has 0 saturated carbocycles. The highest BCUT2D eigenvalue weighted by atomic mass is 32.1. The van der Waals surface area contributed by atoms with Crippen LogP contribution < -0.4 is 21.9 Å². The van der Waals surface area contributed by atoms with Gasteiger partial charge in [-0.05, 0) is 66.4 Å². The summed E-state index contributed by atoms with van der Waals surface area (Å²) in [7, 11) is 0. The van der Waals surface area contributed by atoms with Gasteiger partial charge in [0.2, 0.25) is 11.8 Å². The summed E-state index contributed by atoms with van der Waals surface area (Å²) in [5.74, 6) is -1.14. The Labute approximate surface area is 190 Å². The largest absolute Gasteiger partial charge is 0.336 e. The van der Waals surface area contributed by atoms with Crippen molar-refractivity contribution < 1.29 is 14.0 Å². The van der Waals surface area contributed by atoms with Crippen LogP contribution in [0.2, 0.25) is 0 Å². The predicted molar refractivity (Wildman–Crippen MR) is 126 cm³/mol. The molecule has 0 fully saturated rings. The average molecular weight is 466 g/mol. The molecule has 168 valence electrons. The number of aryl methyl sites for hydroxylation is 1. The van der Waals surface area contributed by atoms with Crippen molar-refractivity contribution in [1.29, 1.82) is 0 Å². The molecule has 0 aliphatic rings. The minimum atomic E-state index is -0.701. The molecule has 0 unspecified atom stereocenters. The molecule has 0 bridgehead atoms. The molecular weight excluding hydrogens is 447 g/mol. The molecule has 0 aliphatic carbocycles. The molecule has 2 heterocycles. The van der Waals surface area contributed by atoms with Crippen molar-refractivity contribution in [3.63, 3.8) is 0 Å². The standard InChI is InChI=1S/C23H19FN4O4S/c1-13-11-17(7-8-18(13)24)28-22(31)21-19(9-10-33-21)27(23(28)32)12-20(30)26-16-5-3-15(4-6-16)25-14(2)29/h3-11H,12H2,1-2H3,(H,25,29)(H,26,30). The molecule has 0 atom stereocenters. The number of aromatic nitrogens is 2. The molecule has 0 radical (unpaired) electrons. The average Bonchev–Trinajstić information content (AvgIpc) is 3.25. The van der Waals surface area contributed by atoms with Crippen molar-refractivity contribution in [1.82, 2.24) is 9.13 Å². The number of nitrogens with one attached hydrogen (secondary N) is 2. The van der Waals surface area contributed by atoms with Gasteiger partial charge in [0.1, 0.15) is 17.1 Å². The molecule has 2 N–H and O–H groups in total. The van der Waals surface area contributed by atoms with Crippen LogP contribution in [0.5, 0.6) is 0 Å². The van der Waals surface area contributed by atoms with Crippen molar-refractivity contribution >= 4 is 44.7 Å². The third kappa shape index (κ3) is 4.46. The van der Waals surface area contributed by atoms with Crippen LogP contribution in [0, 0.1) is 12.7 Å². The highest BCUT2D eigenvalue weighted by molar-refractivity contribution is 7.17. The van der Waals surface area contributed by atoms with Crippen LogP contribution in [0.1, 0.15) is 12.5 Å². The molecule has 0 spiro atoms. The van der Waals surface area contributed by atoms with Gasteiger partial charge in [-0.1, -0.05) is 0 Å². The number of anilines is 2. The quantitative estimate of drug-likeness (QED) is 0.471. The third-order valence-electron chi connectivity index (χ3n) is 4.95. The number of fused-ring (bicyclic) bond motifs is 1. The number of thiophene rings is 1. The van der Waals surface area contributed by atoms with Crippen LogP contribution in [-0.4, -0.2) is 20.9 Å². The zero-order valence-electron chi connectivity index (χ0n) is 17.7. The smallest absolute Gasteiger partial charge is 0.326 e. The second-order valence-electron chi connectivity index (χ2n) is 7.38. The monoisotopic (exact) mass is 466 g/mol. The Morgan fingerprint density at radius 3 is 2.30 bits per heavy atom. The molecule has 4 aromatic rings. The number of hydrogen-bond acceptors (Lipinski definition) is 5. The number of amides is 2. The Morgan fingerprint density at radius 2 is 1.67 bits per heavy atom. The molecule has 4 rings (SSSR count). The zero-order valence-corrected chi connectivity index (χ0v) is 18.5. The van der Waals surface area contributed by atoms with Gasteiger partial charge < -0.3 is 10.6 Å². The summed E-state index contributed by atoms with van der Waals surface area (Å²) >= 11 is 1.16. The van der Waals surface area contributed by atoms with Gasteiger partial charge in [0.05, 0.1) is 11.2 Å². The topological polar surface area (TPSA) is 102 Å². The lowest BCUT2D eigenvalue weighted by Crippen LogP contribution is -2.40. The number of rotatable bonds is 5. The molecule has 10 heteroatoms. The first kappa shape index (κ1) is 22.2. The van der Waals surface area contributed by atoms with Crippen molar-refractivity contribution in [2.24, 2.45) is 0 Å². The summed E-state index contributed by atoms with van der Waals surface area (Å²) in [6, 6.07) is 12.1. The molecule has 2 aromatic carbocycles. The fourth-order valence-corrected chi connectivity index (χ4v) is 4.24. The number of carbonyl (C=O) groups excluding carboxylic acids is 2. The van der Waals surface area contributed by atoms with E-state index in [9.17, 15) is 23.6 Å². The first-order valence-corrected chi connectivity index (χ1v) is 10.8. The van der Waals surface area contributed by atoms with Crippen LogP contribution in [0.15, 0.2) is 63.5 Å². The van der Waals surface area contributed by atoms with E-state index >= 15 is 0 Å². The van der Waals surface area contributed by atoms with Gasteiger partial charge in [0, 0.05) is 18.3 Å². The molecule has 33 heavy (non-hydrogen) atoms. The second kappa shape index (κ2) is 8.83. The second-order valence-corrected chi connectivity index (χ2v) is 8.30. The van der Waals surface area contributed by atoms with E-state index < -0.39 is 23.0 Å². The molecule has 0 saturated heterocycles. The SMILES string of the molecule is CC(=O)Nc1ccc(NC(=O)Cn2c(=O)n(-c3ccc(F)c(C)c3)c(=O)c3sccc32)cc1. The van der Waals surface area contributed by atoms with Gasteiger partial charge >= 0.3 is 5.69 Å². The fourth-order valence-electron chi connectivity index (χ4n) is 3.42. The summed E-state index contributed by atoms with van der Waals surface area (Å²) < 4.78 is 16.2. The Morgan fingerprint density at radius 1 is 1.00 bits per heavy atom. The Bertz CT molecular complexity index is 1500. The highest BCUT2D eigenvalue weighted by Crippen LogP contribution is 2.18. The van der Waals surface area contributed by atoms with Gasteiger partial charge in [-0.15, -0.1) is 11.3 Å². The van der Waals surface area contributed by atoms with E-state index in [0.29, 0.717) is 21.6 Å². The van der Waals surface area contributed by atoms with Crippen LogP contribution in [0.4, 0.5) is 15.8 Å². The molecule has 0 aliphatic heterocycles. The lowest BCUT2D eigenvalue weighted by atomic mass is 10.2. The maximum Gasteiger partial charge on any atom is 0.336 e. The number of benzene rings is 2. The third-order valence-corrected chi connectivity index (χ3v) is 5.84. The van der Waals surface area contributed by atoms with Crippen LogP contribution in [0.3, 0.4) is 0 Å². The van der Waals surface area contributed by atoms with Crippen LogP contribution in [0.25, 0.3) is 15.9 Å². The number of nitrogens with zero attached hydrogens (tertiary/aromatic N) is 2. The van der Waals surface area contributed by atoms with Gasteiger partial charge in [0.15, 0.2) is 0 Å². The Balaban J connectivity index is 1.69. The Hall–Kier alpha value is -4.05. The zero-order chi connectivity index (χ0) is 23.7. The van der Waals surface area contributed by atoms with Crippen molar-refractivity contribution in [2.45, 2.75) is 20.4 Å². The van der Waals surface area contributed by atoms with Crippen molar-refractivity contribution in [3.05, 3.63) is 86.1 Å². The normalized spacial score (nSPS) is 10.9. The van der Waals surface area contributed by atoms with E-state index in [0.717, 1.165) is 15.9 Å². The van der Waals surface area contributed by atoms with E-state index in [2.05, 4.69) is 10.6 Å². The number of hydrogen-bond donors (Lipinski definition) is 2. The van der Waals surface area contributed by atoms with Gasteiger partial charge in [-0.25, -0.2) is 13.8 Å². The summed E-state index contributed by atoms with van der Waals surface area (Å²) in [4.78, 5) is 50.1. The fraction of sp³-hybridized carbons (Fsp3) is 0.130. The van der Waals surface area contributed by atoms with Crippen LogP contribution >= 0.6 is 11.3 Å². The molecule has 2 aromatic heterocycles. The summed E-state index contributed by atoms with van der Waals surface area (Å²) in [6.45, 7) is 2.60. The maximum absolute atomic E-state index is 13.7. The number of carbonyl (C=O) groups is 2. The van der Waals surface area contributed by atoms with Gasteiger partial charge in [-0.2, -0.15) is 0 Å². The van der Waals surface area contributed by atoms with Gasteiger partial charge in [-0.3, -0.25) is 19.0 Å². The lowest BCUT2D eigenvalue weighted by Gasteiger charge is -2.13. The predicted octanol–water partition coefficient (Wildman–Crippen LogP) is 3.26. The lowest BCUT2D eigenvalue weighted by molar-refractivity contribution is -0.117. The minimum absolute atomic E-state index is 0.211. The van der Waals surface area contributed by atoms with E-state index in [1.165, 1.54) is 36.6 Å². The van der Waals surface area contributed by atoms with E-state index in [1.54, 1.807) is 35.7 Å². The van der Waals surface area contributed by atoms with E-state index in [-0.39, 0.29) is 23.7 Å². The van der Waals surface area contributed by atoms with E-state index in [1.807, 2.05) is 0 Å². The first-order valence-electron chi connectivity index (χ1n) is 9.91. The summed E-state index contributed by atoms with van der Waals surface area (Å²) in [6.07, 6.45) is 0.